The molecule has 0 heteroatoms. The zero-order valence-corrected chi connectivity index (χ0v) is 8.59. The van der Waals surface area contributed by atoms with Gasteiger partial charge in [0.1, 0.15) is 0 Å². The van der Waals surface area contributed by atoms with Crippen LogP contribution >= 0.6 is 0 Å². The van der Waals surface area contributed by atoms with Gasteiger partial charge in [-0.05, 0) is 35.8 Å². The molecule has 0 bridgehead atoms. The van der Waals surface area contributed by atoms with Crippen LogP contribution in [0.15, 0.2) is 24.3 Å². The van der Waals surface area contributed by atoms with Crippen molar-refractivity contribution < 1.29 is 0 Å². The zero-order valence-electron chi connectivity index (χ0n) is 8.59. The van der Waals surface area contributed by atoms with Crippen LogP contribution in [0.5, 0.6) is 0 Å². The highest BCUT2D eigenvalue weighted by atomic mass is 14.3. The summed E-state index contributed by atoms with van der Waals surface area (Å²) in [5, 5.41) is 0. The Morgan fingerprint density at radius 2 is 2.08 bits per heavy atom. The molecule has 0 saturated carbocycles. The normalized spacial score (nSPS) is 26.0. The van der Waals surface area contributed by atoms with Gasteiger partial charge in [-0.15, -0.1) is 0 Å². The smallest absolute Gasteiger partial charge is 0.0156 e. The number of hydrogen-bond donors (Lipinski definition) is 0. The highest BCUT2D eigenvalue weighted by molar-refractivity contribution is 5.35. The van der Waals surface area contributed by atoms with Crippen molar-refractivity contribution in [3.8, 4) is 0 Å². The Hall–Kier alpha value is -0.780. The summed E-state index contributed by atoms with van der Waals surface area (Å²) < 4.78 is 0. The summed E-state index contributed by atoms with van der Waals surface area (Å²) in [5.74, 6) is 1.69. The maximum Gasteiger partial charge on any atom is -0.0156 e. The molecule has 0 amide bonds. The molecule has 1 aromatic carbocycles. The highest BCUT2D eigenvalue weighted by Gasteiger charge is 2.27. The Bertz CT molecular complexity index is 288. The number of fused-ring (bicyclic) bond motifs is 1. The summed E-state index contributed by atoms with van der Waals surface area (Å²) in [6.07, 6.45) is 4.02. The van der Waals surface area contributed by atoms with Crippen LogP contribution in [-0.2, 0) is 6.42 Å². The molecule has 0 aromatic heterocycles. The first-order chi connectivity index (χ1) is 6.33. The summed E-state index contributed by atoms with van der Waals surface area (Å²) in [6, 6.07) is 8.93. The van der Waals surface area contributed by atoms with Crippen molar-refractivity contribution in [2.24, 2.45) is 5.92 Å². The van der Waals surface area contributed by atoms with Crippen LogP contribution in [0.1, 0.15) is 43.7 Å². The van der Waals surface area contributed by atoms with E-state index in [9.17, 15) is 0 Å². The average Bonchev–Trinajstić information content (AvgIpc) is 2.46. The summed E-state index contributed by atoms with van der Waals surface area (Å²) in [6.45, 7) is 4.67. The van der Waals surface area contributed by atoms with Gasteiger partial charge in [0.05, 0.1) is 0 Å². The van der Waals surface area contributed by atoms with E-state index in [4.69, 9.17) is 0 Å². The molecule has 2 unspecified atom stereocenters. The van der Waals surface area contributed by atoms with E-state index in [0.717, 1.165) is 11.8 Å². The minimum Gasteiger partial charge on any atom is -0.0654 e. The second-order valence-corrected chi connectivity index (χ2v) is 4.24. The molecule has 1 aromatic rings. The van der Waals surface area contributed by atoms with Gasteiger partial charge >= 0.3 is 0 Å². The van der Waals surface area contributed by atoms with E-state index in [2.05, 4.69) is 38.1 Å². The first-order valence-electron chi connectivity index (χ1n) is 5.40. The largest absolute Gasteiger partial charge is 0.0654 e. The zero-order chi connectivity index (χ0) is 9.26. The summed E-state index contributed by atoms with van der Waals surface area (Å²) in [4.78, 5) is 0. The van der Waals surface area contributed by atoms with E-state index in [1.54, 1.807) is 11.1 Å². The Labute approximate surface area is 81.0 Å². The maximum atomic E-state index is 2.38. The van der Waals surface area contributed by atoms with E-state index in [0.29, 0.717) is 0 Å². The number of benzene rings is 1. The molecular formula is C13H18. The van der Waals surface area contributed by atoms with Crippen molar-refractivity contribution in [3.63, 3.8) is 0 Å². The molecular weight excluding hydrogens is 156 g/mol. The molecule has 0 nitrogen and oxygen atoms in total. The van der Waals surface area contributed by atoms with Crippen LogP contribution in [0.3, 0.4) is 0 Å². The molecule has 0 spiro atoms. The van der Waals surface area contributed by atoms with E-state index in [1.807, 2.05) is 0 Å². The lowest BCUT2D eigenvalue weighted by Crippen LogP contribution is -2.03. The van der Waals surface area contributed by atoms with Gasteiger partial charge in [0.15, 0.2) is 0 Å². The van der Waals surface area contributed by atoms with Gasteiger partial charge in [-0.25, -0.2) is 0 Å². The lowest BCUT2D eigenvalue weighted by molar-refractivity contribution is 0.442. The molecule has 70 valence electrons. The monoisotopic (exact) mass is 174 g/mol. The molecule has 2 rings (SSSR count). The fourth-order valence-corrected chi connectivity index (χ4v) is 2.60. The quantitative estimate of drug-likeness (QED) is 0.640. The molecule has 0 saturated heterocycles. The van der Waals surface area contributed by atoms with E-state index in [-0.39, 0.29) is 0 Å². The third-order valence-electron chi connectivity index (χ3n) is 3.39. The highest BCUT2D eigenvalue weighted by Crippen LogP contribution is 2.39. The standard InChI is InChI=1S/C13H18/c1-3-6-11-9-12-7-4-5-8-13(12)10(11)2/h4-5,7-8,10-11H,3,6,9H2,1-2H3. The van der Waals surface area contributed by atoms with Crippen LogP contribution in [0.25, 0.3) is 0 Å². The first-order valence-corrected chi connectivity index (χ1v) is 5.40. The van der Waals surface area contributed by atoms with Crippen molar-refractivity contribution in [2.75, 3.05) is 0 Å². The van der Waals surface area contributed by atoms with Crippen LogP contribution in [0.2, 0.25) is 0 Å². The Morgan fingerprint density at radius 3 is 2.77 bits per heavy atom. The third kappa shape index (κ3) is 1.50. The summed E-state index contributed by atoms with van der Waals surface area (Å²) >= 11 is 0. The Balaban J connectivity index is 2.22. The number of rotatable bonds is 2. The second-order valence-electron chi connectivity index (χ2n) is 4.24. The topological polar surface area (TPSA) is 0 Å². The molecule has 0 radical (unpaired) electrons. The second kappa shape index (κ2) is 3.53. The molecule has 0 heterocycles. The van der Waals surface area contributed by atoms with Gasteiger partial charge in [-0.2, -0.15) is 0 Å². The van der Waals surface area contributed by atoms with Crippen LogP contribution in [-0.4, -0.2) is 0 Å². The first kappa shape index (κ1) is 8.80. The molecule has 0 N–H and O–H groups in total. The predicted molar refractivity (Wildman–Crippen MR) is 57.0 cm³/mol. The van der Waals surface area contributed by atoms with Gasteiger partial charge in [-0.3, -0.25) is 0 Å². The molecule has 1 aliphatic carbocycles. The summed E-state index contributed by atoms with van der Waals surface area (Å²) in [7, 11) is 0. The number of hydrogen-bond acceptors (Lipinski definition) is 0. The Kier molecular flexibility index (Phi) is 2.39. The molecule has 2 atom stereocenters. The molecule has 0 aliphatic heterocycles. The van der Waals surface area contributed by atoms with E-state index < -0.39 is 0 Å². The van der Waals surface area contributed by atoms with Gasteiger partial charge in [-0.1, -0.05) is 44.5 Å². The van der Waals surface area contributed by atoms with Gasteiger partial charge in [0, 0.05) is 0 Å². The van der Waals surface area contributed by atoms with Crippen molar-refractivity contribution in [3.05, 3.63) is 35.4 Å². The average molecular weight is 174 g/mol. The Morgan fingerprint density at radius 1 is 1.31 bits per heavy atom. The third-order valence-corrected chi connectivity index (χ3v) is 3.39. The van der Waals surface area contributed by atoms with Crippen LogP contribution < -0.4 is 0 Å². The van der Waals surface area contributed by atoms with Gasteiger partial charge < -0.3 is 0 Å². The minimum atomic E-state index is 0.788. The fourth-order valence-electron chi connectivity index (χ4n) is 2.60. The van der Waals surface area contributed by atoms with Crippen LogP contribution in [0, 0.1) is 5.92 Å². The van der Waals surface area contributed by atoms with E-state index in [1.165, 1.54) is 19.3 Å². The van der Waals surface area contributed by atoms with E-state index >= 15 is 0 Å². The summed E-state index contributed by atoms with van der Waals surface area (Å²) in [5.41, 5.74) is 3.19. The predicted octanol–water partition coefficient (Wildman–Crippen LogP) is 3.76. The van der Waals surface area contributed by atoms with Crippen molar-refractivity contribution >= 4 is 0 Å². The lowest BCUT2D eigenvalue weighted by Gasteiger charge is -2.14. The van der Waals surface area contributed by atoms with Gasteiger partial charge in [0.25, 0.3) is 0 Å². The van der Waals surface area contributed by atoms with Crippen molar-refractivity contribution in [2.45, 2.75) is 39.0 Å². The fraction of sp³-hybridized carbons (Fsp3) is 0.538. The SMILES string of the molecule is CCCC1Cc2ccccc2C1C. The minimum absolute atomic E-state index is 0.788. The van der Waals surface area contributed by atoms with Crippen LogP contribution in [0.4, 0.5) is 0 Å². The van der Waals surface area contributed by atoms with Crippen molar-refractivity contribution in [1.82, 2.24) is 0 Å². The lowest BCUT2D eigenvalue weighted by atomic mass is 9.91. The maximum absolute atomic E-state index is 2.38. The molecule has 0 fully saturated rings. The molecule has 13 heavy (non-hydrogen) atoms. The van der Waals surface area contributed by atoms with Crippen molar-refractivity contribution in [1.29, 1.82) is 0 Å². The molecule has 1 aliphatic rings. The van der Waals surface area contributed by atoms with Gasteiger partial charge in [0.2, 0.25) is 0 Å².